The molecule has 4 atom stereocenters. The third-order valence-electron chi connectivity index (χ3n) is 7.42. The van der Waals surface area contributed by atoms with Gasteiger partial charge in [-0.05, 0) is 39.3 Å². The second-order valence-corrected chi connectivity index (χ2v) is 13.6. The molecule has 1 fully saturated rings. The van der Waals surface area contributed by atoms with E-state index in [4.69, 9.17) is 16.0 Å². The minimum atomic E-state index is -3.85. The van der Waals surface area contributed by atoms with Gasteiger partial charge in [-0.1, -0.05) is 95.2 Å². The van der Waals surface area contributed by atoms with E-state index in [1.54, 1.807) is 12.1 Å². The molecule has 0 amide bonds. The lowest BCUT2D eigenvalue weighted by molar-refractivity contribution is -0.303. The standard InChI is InChI=1S/C31H51NO5S/c1-6-7-8-9-10-11-12-13-14-15-16-17-27-24-28(37-31(3,4)36-27)22-26(33)23-30(32-5)38(34,35)29-20-18-25(2)19-21-29/h18-21,26-28,30,33H,6-17,22-24H2,1-4H3/t26-,27-,28+,30?/m1/s1. The Morgan fingerprint density at radius 3 is 2.03 bits per heavy atom. The summed E-state index contributed by atoms with van der Waals surface area (Å²) < 4.78 is 38.2. The fourth-order valence-corrected chi connectivity index (χ4v) is 6.79. The molecule has 1 N–H and O–H groups in total. The lowest BCUT2D eigenvalue weighted by Gasteiger charge is -2.41. The van der Waals surface area contributed by atoms with Crippen LogP contribution in [0.2, 0.25) is 0 Å². The molecular weight excluding hydrogens is 498 g/mol. The highest BCUT2D eigenvalue weighted by molar-refractivity contribution is 7.92. The zero-order chi connectivity index (χ0) is 28.0. The van der Waals surface area contributed by atoms with Crippen molar-refractivity contribution in [3.63, 3.8) is 0 Å². The number of rotatable bonds is 18. The summed E-state index contributed by atoms with van der Waals surface area (Å²) >= 11 is 0. The smallest absolute Gasteiger partial charge is 0.327 e. The molecule has 6 nitrogen and oxygen atoms in total. The van der Waals surface area contributed by atoms with Crippen LogP contribution in [-0.2, 0) is 19.3 Å². The topological polar surface area (TPSA) is 77.2 Å². The Morgan fingerprint density at radius 1 is 0.947 bits per heavy atom. The molecule has 216 valence electrons. The molecule has 1 aromatic rings. The summed E-state index contributed by atoms with van der Waals surface area (Å²) in [6.07, 6.45) is 15.0. The minimum absolute atomic E-state index is 0.0578. The summed E-state index contributed by atoms with van der Waals surface area (Å²) in [5.74, 6) is -0.752. The molecule has 1 unspecified atom stereocenters. The Balaban J connectivity index is 1.75. The first-order valence-electron chi connectivity index (χ1n) is 14.8. The van der Waals surface area contributed by atoms with E-state index < -0.39 is 27.1 Å². The van der Waals surface area contributed by atoms with Crippen molar-refractivity contribution >= 4 is 9.84 Å². The zero-order valence-electron chi connectivity index (χ0n) is 24.2. The molecule has 1 aliphatic rings. The van der Waals surface area contributed by atoms with Crippen LogP contribution in [0, 0.1) is 13.5 Å². The molecule has 38 heavy (non-hydrogen) atoms. The van der Waals surface area contributed by atoms with Gasteiger partial charge < -0.3 is 14.6 Å². The van der Waals surface area contributed by atoms with Crippen LogP contribution in [0.15, 0.2) is 29.2 Å². The number of nitrogens with zero attached hydrogens (tertiary/aromatic N) is 1. The van der Waals surface area contributed by atoms with Crippen molar-refractivity contribution in [2.45, 2.75) is 158 Å². The van der Waals surface area contributed by atoms with E-state index >= 15 is 0 Å². The highest BCUT2D eigenvalue weighted by Gasteiger charge is 2.39. The Kier molecular flexibility index (Phi) is 14.3. The number of aryl methyl sites for hydroxylation is 1. The van der Waals surface area contributed by atoms with Crippen LogP contribution < -0.4 is 0 Å². The van der Waals surface area contributed by atoms with Gasteiger partial charge in [-0.15, -0.1) is 0 Å². The summed E-state index contributed by atoms with van der Waals surface area (Å²) in [6, 6.07) is 6.49. The van der Waals surface area contributed by atoms with E-state index in [2.05, 4.69) is 11.8 Å². The second-order valence-electron chi connectivity index (χ2n) is 11.5. The summed E-state index contributed by atoms with van der Waals surface area (Å²) in [4.78, 5) is 3.48. The summed E-state index contributed by atoms with van der Waals surface area (Å²) in [5.41, 5.74) is 0.949. The van der Waals surface area contributed by atoms with Crippen LogP contribution in [0.1, 0.15) is 123 Å². The highest BCUT2D eigenvalue weighted by atomic mass is 32.2. The molecule has 1 heterocycles. The Labute approximate surface area is 232 Å². The maximum Gasteiger partial charge on any atom is 0.327 e. The van der Waals surface area contributed by atoms with Gasteiger partial charge in [0.1, 0.15) is 0 Å². The van der Waals surface area contributed by atoms with E-state index in [0.29, 0.717) is 6.42 Å². The number of aliphatic hydroxyl groups is 1. The van der Waals surface area contributed by atoms with Gasteiger partial charge in [0, 0.05) is 12.8 Å². The molecule has 1 aromatic carbocycles. The van der Waals surface area contributed by atoms with Gasteiger partial charge in [0.15, 0.2) is 5.79 Å². The molecule has 7 heteroatoms. The number of unbranched alkanes of at least 4 members (excludes halogenated alkanes) is 10. The number of aliphatic hydroxyl groups excluding tert-OH is 1. The van der Waals surface area contributed by atoms with Crippen LogP contribution in [-0.4, -0.2) is 43.0 Å². The van der Waals surface area contributed by atoms with Crippen molar-refractivity contribution in [3.05, 3.63) is 41.2 Å². The zero-order valence-corrected chi connectivity index (χ0v) is 25.0. The highest BCUT2D eigenvalue weighted by Crippen LogP contribution is 2.32. The van der Waals surface area contributed by atoms with E-state index in [-0.39, 0.29) is 29.9 Å². The molecule has 2 rings (SSSR count). The number of hydrogen-bond acceptors (Lipinski definition) is 5. The minimum Gasteiger partial charge on any atom is -0.393 e. The molecule has 1 saturated heterocycles. The largest absolute Gasteiger partial charge is 0.393 e. The van der Waals surface area contributed by atoms with Crippen LogP contribution in [0.3, 0.4) is 0 Å². The normalized spacial score (nSPS) is 21.1. The lowest BCUT2D eigenvalue weighted by atomic mass is 9.97. The predicted molar refractivity (Wildman–Crippen MR) is 154 cm³/mol. The molecular formula is C31H51NO5S. The summed E-state index contributed by atoms with van der Waals surface area (Å²) in [7, 11) is -3.85. The van der Waals surface area contributed by atoms with Crippen molar-refractivity contribution in [2.75, 3.05) is 0 Å². The van der Waals surface area contributed by atoms with Crippen molar-refractivity contribution in [2.24, 2.45) is 0 Å². The van der Waals surface area contributed by atoms with E-state index in [0.717, 1.165) is 18.4 Å². The molecule has 0 aromatic heterocycles. The maximum atomic E-state index is 13.0. The van der Waals surface area contributed by atoms with Crippen LogP contribution >= 0.6 is 0 Å². The van der Waals surface area contributed by atoms with Crippen molar-refractivity contribution < 1.29 is 23.0 Å². The Bertz CT molecular complexity index is 938. The first-order valence-corrected chi connectivity index (χ1v) is 16.3. The van der Waals surface area contributed by atoms with Gasteiger partial charge in [0.05, 0.1) is 29.6 Å². The van der Waals surface area contributed by atoms with Gasteiger partial charge in [-0.3, -0.25) is 4.85 Å². The predicted octanol–water partition coefficient (Wildman–Crippen LogP) is 7.77. The summed E-state index contributed by atoms with van der Waals surface area (Å²) in [6.45, 7) is 15.4. The van der Waals surface area contributed by atoms with E-state index in [1.807, 2.05) is 20.8 Å². The second kappa shape index (κ2) is 16.6. The van der Waals surface area contributed by atoms with Crippen LogP contribution in [0.4, 0.5) is 0 Å². The summed E-state index contributed by atoms with van der Waals surface area (Å²) in [5, 5.41) is 9.44. The molecule has 0 aliphatic carbocycles. The van der Waals surface area contributed by atoms with Gasteiger partial charge >= 0.3 is 5.37 Å². The van der Waals surface area contributed by atoms with Crippen LogP contribution in [0.5, 0.6) is 0 Å². The van der Waals surface area contributed by atoms with E-state index in [9.17, 15) is 13.5 Å². The van der Waals surface area contributed by atoms with Gasteiger partial charge in [0.2, 0.25) is 0 Å². The molecule has 0 saturated carbocycles. The molecule has 0 bridgehead atoms. The Morgan fingerprint density at radius 2 is 1.47 bits per heavy atom. The third-order valence-corrected chi connectivity index (χ3v) is 9.36. The van der Waals surface area contributed by atoms with Gasteiger partial charge in [-0.2, -0.15) is 0 Å². The quantitative estimate of drug-likeness (QED) is 0.149. The monoisotopic (exact) mass is 549 g/mol. The average Bonchev–Trinajstić information content (AvgIpc) is 2.85. The van der Waals surface area contributed by atoms with Crippen molar-refractivity contribution in [1.82, 2.24) is 0 Å². The third kappa shape index (κ3) is 11.7. The van der Waals surface area contributed by atoms with Crippen molar-refractivity contribution in [1.29, 1.82) is 0 Å². The number of sulfone groups is 1. The average molecular weight is 550 g/mol. The molecule has 0 spiro atoms. The number of hydrogen-bond donors (Lipinski definition) is 1. The fraction of sp³-hybridized carbons (Fsp3) is 0.774. The molecule has 0 radical (unpaired) electrons. The SMILES string of the molecule is [C-]#[N+]C(C[C@H](O)C[C@H]1C[C@@H](CCCCCCCCCCCCC)OC(C)(C)O1)S(=O)(=O)c1ccc(C)cc1. The number of ether oxygens (including phenoxy) is 2. The lowest BCUT2D eigenvalue weighted by Crippen LogP contribution is -2.45. The first-order chi connectivity index (χ1) is 18.1. The Hall–Kier alpha value is -1.46. The van der Waals surface area contributed by atoms with Gasteiger partial charge in [-0.25, -0.2) is 15.0 Å². The van der Waals surface area contributed by atoms with Crippen LogP contribution in [0.25, 0.3) is 4.85 Å². The van der Waals surface area contributed by atoms with E-state index in [1.165, 1.54) is 76.3 Å². The number of benzene rings is 1. The molecule has 1 aliphatic heterocycles. The fourth-order valence-electron chi connectivity index (χ4n) is 5.34. The van der Waals surface area contributed by atoms with Crippen molar-refractivity contribution in [3.8, 4) is 0 Å². The van der Waals surface area contributed by atoms with Gasteiger partial charge in [0.25, 0.3) is 9.84 Å². The maximum absolute atomic E-state index is 13.0. The first kappa shape index (κ1) is 32.8.